The molecule has 1 saturated carbocycles. The molecule has 19 heavy (non-hydrogen) atoms. The molecule has 0 aliphatic heterocycles. The van der Waals surface area contributed by atoms with Crippen molar-refractivity contribution >= 4 is 5.82 Å². The number of nitrogens with zero attached hydrogens (tertiary/aromatic N) is 4. The van der Waals surface area contributed by atoms with Gasteiger partial charge >= 0.3 is 0 Å². The molecule has 0 unspecified atom stereocenters. The van der Waals surface area contributed by atoms with Crippen molar-refractivity contribution in [3.8, 4) is 11.5 Å². The Bertz CT molecular complexity index is 562. The highest BCUT2D eigenvalue weighted by Crippen LogP contribution is 2.33. The molecule has 1 fully saturated rings. The summed E-state index contributed by atoms with van der Waals surface area (Å²) in [6.45, 7) is 2.83. The van der Waals surface area contributed by atoms with Gasteiger partial charge in [0.2, 0.25) is 0 Å². The zero-order valence-electron chi connectivity index (χ0n) is 11.3. The number of hydrogen-bond acceptors (Lipinski definition) is 5. The van der Waals surface area contributed by atoms with Crippen LogP contribution >= 0.6 is 0 Å². The van der Waals surface area contributed by atoms with Crippen molar-refractivity contribution in [2.45, 2.75) is 26.2 Å². The van der Waals surface area contributed by atoms with Crippen LogP contribution in [0.3, 0.4) is 0 Å². The number of anilines is 1. The van der Waals surface area contributed by atoms with E-state index in [9.17, 15) is 0 Å². The van der Waals surface area contributed by atoms with Crippen LogP contribution in [0.5, 0.6) is 0 Å². The summed E-state index contributed by atoms with van der Waals surface area (Å²) in [6, 6.07) is 3.87. The Kier molecular flexibility index (Phi) is 3.19. The fourth-order valence-corrected chi connectivity index (χ4v) is 2.16. The molecule has 2 heterocycles. The summed E-state index contributed by atoms with van der Waals surface area (Å²) in [5.74, 6) is 3.01. The Labute approximate surface area is 112 Å². The predicted molar refractivity (Wildman–Crippen MR) is 72.9 cm³/mol. The quantitative estimate of drug-likeness (QED) is 0.825. The highest BCUT2D eigenvalue weighted by Gasteiger charge is 2.22. The highest BCUT2D eigenvalue weighted by atomic mass is 16.5. The van der Waals surface area contributed by atoms with Crippen molar-refractivity contribution in [3.05, 3.63) is 24.2 Å². The lowest BCUT2D eigenvalue weighted by atomic mass is 10.2. The molecule has 0 aromatic carbocycles. The molecule has 2 aromatic rings. The van der Waals surface area contributed by atoms with E-state index in [2.05, 4.69) is 27.1 Å². The zero-order valence-corrected chi connectivity index (χ0v) is 11.3. The van der Waals surface area contributed by atoms with Gasteiger partial charge in [-0.05, 0) is 31.4 Å². The molecule has 5 heteroatoms. The van der Waals surface area contributed by atoms with E-state index in [0.717, 1.165) is 23.8 Å². The summed E-state index contributed by atoms with van der Waals surface area (Å²) in [7, 11) is 2.07. The third-order valence-corrected chi connectivity index (χ3v) is 3.48. The molecule has 2 aromatic heterocycles. The second-order valence-corrected chi connectivity index (χ2v) is 5.17. The highest BCUT2D eigenvalue weighted by molar-refractivity contribution is 5.69. The van der Waals surface area contributed by atoms with E-state index >= 15 is 0 Å². The molecule has 0 spiro atoms. The van der Waals surface area contributed by atoms with E-state index in [4.69, 9.17) is 4.52 Å². The lowest BCUT2D eigenvalue weighted by molar-refractivity contribution is 0.425. The third-order valence-electron chi connectivity index (χ3n) is 3.48. The maximum absolute atomic E-state index is 5.25. The van der Waals surface area contributed by atoms with E-state index in [1.54, 1.807) is 6.20 Å². The summed E-state index contributed by atoms with van der Waals surface area (Å²) in [5.41, 5.74) is 0.904. The van der Waals surface area contributed by atoms with E-state index in [-0.39, 0.29) is 0 Å². The van der Waals surface area contributed by atoms with Crippen LogP contribution in [0.4, 0.5) is 5.82 Å². The van der Waals surface area contributed by atoms with Gasteiger partial charge in [0.1, 0.15) is 5.82 Å². The number of rotatable bonds is 5. The average Bonchev–Trinajstić information content (AvgIpc) is 3.16. The molecule has 0 saturated heterocycles. The van der Waals surface area contributed by atoms with Gasteiger partial charge in [-0.1, -0.05) is 18.0 Å². The van der Waals surface area contributed by atoms with Crippen molar-refractivity contribution < 1.29 is 4.52 Å². The third kappa shape index (κ3) is 2.75. The normalized spacial score (nSPS) is 14.6. The van der Waals surface area contributed by atoms with E-state index in [1.807, 2.05) is 19.1 Å². The van der Waals surface area contributed by atoms with Gasteiger partial charge in [0.15, 0.2) is 5.82 Å². The minimum atomic E-state index is 0.541. The molecule has 3 rings (SSSR count). The van der Waals surface area contributed by atoms with Gasteiger partial charge in [-0.15, -0.1) is 0 Å². The molecule has 0 N–H and O–H groups in total. The van der Waals surface area contributed by atoms with Crippen molar-refractivity contribution in [2.75, 3.05) is 18.5 Å². The SMILES string of the molecule is Cc1noc(-c2cccnc2N(C)CCC2CC2)n1. The van der Waals surface area contributed by atoms with Crippen molar-refractivity contribution in [3.63, 3.8) is 0 Å². The first-order chi connectivity index (χ1) is 9.24. The zero-order chi connectivity index (χ0) is 13.2. The van der Waals surface area contributed by atoms with Gasteiger partial charge < -0.3 is 9.42 Å². The lowest BCUT2D eigenvalue weighted by Gasteiger charge is -2.19. The van der Waals surface area contributed by atoms with Gasteiger partial charge in [-0.3, -0.25) is 0 Å². The Balaban J connectivity index is 1.83. The maximum atomic E-state index is 5.25. The van der Waals surface area contributed by atoms with Crippen LogP contribution < -0.4 is 4.90 Å². The van der Waals surface area contributed by atoms with Crippen LogP contribution in [-0.2, 0) is 0 Å². The summed E-state index contributed by atoms with van der Waals surface area (Å²) >= 11 is 0. The molecule has 1 aliphatic carbocycles. The fourth-order valence-electron chi connectivity index (χ4n) is 2.16. The van der Waals surface area contributed by atoms with Gasteiger partial charge in [0.25, 0.3) is 5.89 Å². The summed E-state index contributed by atoms with van der Waals surface area (Å²) in [6.07, 6.45) is 5.79. The molecule has 1 aliphatic rings. The monoisotopic (exact) mass is 258 g/mol. The smallest absolute Gasteiger partial charge is 0.261 e. The Morgan fingerprint density at radius 1 is 1.42 bits per heavy atom. The minimum absolute atomic E-state index is 0.541. The molecule has 0 atom stereocenters. The molecular formula is C14H18N4O. The van der Waals surface area contributed by atoms with Crippen LogP contribution in [0.25, 0.3) is 11.5 Å². The van der Waals surface area contributed by atoms with E-state index < -0.39 is 0 Å². The molecule has 100 valence electrons. The van der Waals surface area contributed by atoms with Crippen LogP contribution in [-0.4, -0.2) is 28.7 Å². The topological polar surface area (TPSA) is 55.1 Å². The van der Waals surface area contributed by atoms with E-state index in [0.29, 0.717) is 11.7 Å². The summed E-state index contributed by atoms with van der Waals surface area (Å²) in [5, 5.41) is 3.85. The fraction of sp³-hybridized carbons (Fsp3) is 0.500. The summed E-state index contributed by atoms with van der Waals surface area (Å²) < 4.78 is 5.25. The number of aryl methyl sites for hydroxylation is 1. The Morgan fingerprint density at radius 3 is 2.95 bits per heavy atom. The van der Waals surface area contributed by atoms with Crippen LogP contribution in [0.2, 0.25) is 0 Å². The lowest BCUT2D eigenvalue weighted by Crippen LogP contribution is -2.20. The Morgan fingerprint density at radius 2 is 2.26 bits per heavy atom. The van der Waals surface area contributed by atoms with Crippen molar-refractivity contribution in [2.24, 2.45) is 5.92 Å². The standard InChI is InChI=1S/C14H18N4O/c1-10-16-14(19-17-10)12-4-3-8-15-13(12)18(2)9-7-11-5-6-11/h3-4,8,11H,5-7,9H2,1-2H3. The second kappa shape index (κ2) is 4.99. The van der Waals surface area contributed by atoms with Crippen molar-refractivity contribution in [1.82, 2.24) is 15.1 Å². The van der Waals surface area contributed by atoms with Crippen LogP contribution in [0, 0.1) is 12.8 Å². The molecule has 0 bridgehead atoms. The van der Waals surface area contributed by atoms with Crippen molar-refractivity contribution in [1.29, 1.82) is 0 Å². The summed E-state index contributed by atoms with van der Waals surface area (Å²) in [4.78, 5) is 10.9. The molecular weight excluding hydrogens is 240 g/mol. The average molecular weight is 258 g/mol. The predicted octanol–water partition coefficient (Wildman–Crippen LogP) is 2.68. The number of pyridine rings is 1. The first kappa shape index (κ1) is 12.1. The first-order valence-corrected chi connectivity index (χ1v) is 6.71. The van der Waals surface area contributed by atoms with Gasteiger partial charge in [-0.25, -0.2) is 4.98 Å². The first-order valence-electron chi connectivity index (χ1n) is 6.71. The number of aromatic nitrogens is 3. The van der Waals surface area contributed by atoms with Crippen LogP contribution in [0.15, 0.2) is 22.9 Å². The van der Waals surface area contributed by atoms with Gasteiger partial charge in [0.05, 0.1) is 5.56 Å². The molecule has 0 radical (unpaired) electrons. The van der Waals surface area contributed by atoms with Crippen LogP contribution in [0.1, 0.15) is 25.1 Å². The maximum Gasteiger partial charge on any atom is 0.261 e. The second-order valence-electron chi connectivity index (χ2n) is 5.17. The molecule has 5 nitrogen and oxygen atoms in total. The van der Waals surface area contributed by atoms with Gasteiger partial charge in [0, 0.05) is 19.8 Å². The van der Waals surface area contributed by atoms with Gasteiger partial charge in [-0.2, -0.15) is 4.98 Å². The Hall–Kier alpha value is -1.91. The minimum Gasteiger partial charge on any atom is -0.359 e. The number of hydrogen-bond donors (Lipinski definition) is 0. The van der Waals surface area contributed by atoms with E-state index in [1.165, 1.54) is 19.3 Å². The largest absolute Gasteiger partial charge is 0.359 e. The molecule has 0 amide bonds.